The van der Waals surface area contributed by atoms with E-state index < -0.39 is 0 Å². The largest absolute Gasteiger partial charge is 0.369 e. The molecule has 1 aromatic rings. The maximum absolute atomic E-state index is 11.0. The third-order valence-corrected chi connectivity index (χ3v) is 3.31. The van der Waals surface area contributed by atoms with Crippen molar-refractivity contribution in [1.29, 1.82) is 0 Å². The van der Waals surface area contributed by atoms with E-state index in [1.54, 1.807) is 6.07 Å². The summed E-state index contributed by atoms with van der Waals surface area (Å²) in [5.41, 5.74) is 1.86. The van der Waals surface area contributed by atoms with Crippen LogP contribution in [0.15, 0.2) is 18.2 Å². The Kier molecular flexibility index (Phi) is 3.31. The number of aryl methyl sites for hydroxylation is 1. The minimum atomic E-state index is -0.296. The second kappa shape index (κ2) is 4.73. The molecule has 0 unspecified atom stereocenters. The Morgan fingerprint density at radius 3 is 2.76 bits per heavy atom. The number of hydrogen-bond donors (Lipinski definition) is 0. The molecule has 0 aliphatic heterocycles. The van der Waals surface area contributed by atoms with E-state index >= 15 is 0 Å². The highest BCUT2D eigenvalue weighted by Gasteiger charge is 2.23. The fourth-order valence-corrected chi connectivity index (χ4v) is 2.01. The van der Waals surface area contributed by atoms with E-state index in [0.29, 0.717) is 0 Å². The molecule has 1 saturated carbocycles. The van der Waals surface area contributed by atoms with Gasteiger partial charge in [-0.3, -0.25) is 10.1 Å². The van der Waals surface area contributed by atoms with Crippen LogP contribution in [0.1, 0.15) is 24.8 Å². The van der Waals surface area contributed by atoms with Crippen LogP contribution in [-0.4, -0.2) is 18.5 Å². The minimum Gasteiger partial charge on any atom is -0.369 e. The second-order valence-corrected chi connectivity index (χ2v) is 4.90. The van der Waals surface area contributed by atoms with Crippen LogP contribution in [-0.2, 0) is 0 Å². The highest BCUT2D eigenvalue weighted by atomic mass is 16.6. The van der Waals surface area contributed by atoms with Crippen molar-refractivity contribution in [1.82, 2.24) is 0 Å². The molecule has 4 nitrogen and oxygen atoms in total. The fraction of sp³-hybridized carbons (Fsp3) is 0.538. The van der Waals surface area contributed by atoms with Crippen molar-refractivity contribution in [3.63, 3.8) is 0 Å². The Bertz CT molecular complexity index is 427. The Morgan fingerprint density at radius 1 is 1.47 bits per heavy atom. The first-order chi connectivity index (χ1) is 8.08. The third kappa shape index (κ3) is 2.96. The molecular formula is C13H18N2O2. The maximum atomic E-state index is 11.0. The summed E-state index contributed by atoms with van der Waals surface area (Å²) in [5, 5.41) is 11.0. The number of nitrogens with zero attached hydrogens (tertiary/aromatic N) is 2. The first-order valence-corrected chi connectivity index (χ1v) is 6.04. The van der Waals surface area contributed by atoms with Gasteiger partial charge >= 0.3 is 0 Å². The van der Waals surface area contributed by atoms with Gasteiger partial charge in [-0.05, 0) is 30.9 Å². The summed E-state index contributed by atoms with van der Waals surface area (Å²) in [6, 6.07) is 5.42. The molecule has 0 radical (unpaired) electrons. The molecule has 0 spiro atoms. The van der Waals surface area contributed by atoms with Crippen LogP contribution in [0.3, 0.4) is 0 Å². The van der Waals surface area contributed by atoms with Crippen molar-refractivity contribution >= 4 is 11.4 Å². The predicted octanol–water partition coefficient (Wildman–Crippen LogP) is 3.14. The zero-order valence-corrected chi connectivity index (χ0v) is 10.3. The van der Waals surface area contributed by atoms with E-state index in [0.717, 1.165) is 30.1 Å². The van der Waals surface area contributed by atoms with Crippen LogP contribution < -0.4 is 4.90 Å². The van der Waals surface area contributed by atoms with E-state index in [9.17, 15) is 10.1 Å². The smallest absolute Gasteiger partial charge is 0.292 e. The molecule has 0 N–H and O–H groups in total. The van der Waals surface area contributed by atoms with Crippen LogP contribution in [0.5, 0.6) is 0 Å². The van der Waals surface area contributed by atoms with E-state index in [2.05, 4.69) is 0 Å². The summed E-state index contributed by atoms with van der Waals surface area (Å²) in [5.74, 6) is 0.849. The quantitative estimate of drug-likeness (QED) is 0.580. The molecule has 0 bridgehead atoms. The number of rotatable bonds is 5. The van der Waals surface area contributed by atoms with E-state index in [1.807, 2.05) is 31.0 Å². The molecule has 1 fully saturated rings. The van der Waals surface area contributed by atoms with Crippen molar-refractivity contribution < 1.29 is 4.92 Å². The molecule has 0 atom stereocenters. The van der Waals surface area contributed by atoms with Gasteiger partial charge in [0.25, 0.3) is 5.69 Å². The lowest BCUT2D eigenvalue weighted by atomic mass is 10.1. The summed E-state index contributed by atoms with van der Waals surface area (Å²) in [6.45, 7) is 2.77. The van der Waals surface area contributed by atoms with Crippen LogP contribution in [0.25, 0.3) is 0 Å². The molecule has 0 saturated heterocycles. The first kappa shape index (κ1) is 11.9. The van der Waals surface area contributed by atoms with Gasteiger partial charge in [-0.2, -0.15) is 0 Å². The molecule has 0 heterocycles. The normalized spacial score (nSPS) is 14.7. The lowest BCUT2D eigenvalue weighted by molar-refractivity contribution is -0.384. The van der Waals surface area contributed by atoms with Crippen molar-refractivity contribution in [2.24, 2.45) is 5.92 Å². The molecule has 1 aliphatic carbocycles. The number of nitro benzene ring substituents is 1. The summed E-state index contributed by atoms with van der Waals surface area (Å²) < 4.78 is 0. The Balaban J connectivity index is 2.14. The van der Waals surface area contributed by atoms with Gasteiger partial charge in [0.05, 0.1) is 4.92 Å². The lowest BCUT2D eigenvalue weighted by Crippen LogP contribution is -2.20. The molecule has 92 valence electrons. The Hall–Kier alpha value is -1.58. The van der Waals surface area contributed by atoms with Gasteiger partial charge in [0.1, 0.15) is 5.69 Å². The fourth-order valence-electron chi connectivity index (χ4n) is 2.01. The number of hydrogen-bond acceptors (Lipinski definition) is 3. The van der Waals surface area contributed by atoms with Gasteiger partial charge < -0.3 is 4.90 Å². The van der Waals surface area contributed by atoms with Crippen LogP contribution in [0, 0.1) is 23.0 Å². The highest BCUT2D eigenvalue weighted by Crippen LogP contribution is 2.34. The van der Waals surface area contributed by atoms with Crippen molar-refractivity contribution in [2.75, 3.05) is 18.5 Å². The van der Waals surface area contributed by atoms with Gasteiger partial charge in [0.15, 0.2) is 0 Å². The van der Waals surface area contributed by atoms with Gasteiger partial charge in [-0.15, -0.1) is 0 Å². The summed E-state index contributed by atoms with van der Waals surface area (Å²) in [6.07, 6.45) is 3.79. The molecular weight excluding hydrogens is 216 g/mol. The second-order valence-electron chi connectivity index (χ2n) is 4.90. The Labute approximate surface area is 101 Å². The van der Waals surface area contributed by atoms with E-state index in [-0.39, 0.29) is 10.6 Å². The third-order valence-electron chi connectivity index (χ3n) is 3.31. The number of nitro groups is 1. The number of anilines is 1. The van der Waals surface area contributed by atoms with Gasteiger partial charge in [-0.1, -0.05) is 18.9 Å². The van der Waals surface area contributed by atoms with E-state index in [4.69, 9.17) is 0 Å². The van der Waals surface area contributed by atoms with Crippen LogP contribution in [0.2, 0.25) is 0 Å². The molecule has 0 aromatic heterocycles. The first-order valence-electron chi connectivity index (χ1n) is 6.04. The molecule has 0 amide bonds. The molecule has 4 heteroatoms. The van der Waals surface area contributed by atoms with Crippen molar-refractivity contribution in [2.45, 2.75) is 26.2 Å². The summed E-state index contributed by atoms with van der Waals surface area (Å²) >= 11 is 0. The lowest BCUT2D eigenvalue weighted by Gasteiger charge is -2.19. The van der Waals surface area contributed by atoms with Crippen molar-refractivity contribution in [3.8, 4) is 0 Å². The van der Waals surface area contributed by atoms with Crippen molar-refractivity contribution in [3.05, 3.63) is 33.9 Å². The topological polar surface area (TPSA) is 46.4 Å². The summed E-state index contributed by atoms with van der Waals surface area (Å²) in [4.78, 5) is 12.7. The molecule has 1 aliphatic rings. The minimum absolute atomic E-state index is 0.211. The monoisotopic (exact) mass is 234 g/mol. The molecule has 2 rings (SSSR count). The standard InChI is InChI=1S/C13H18N2O2/c1-10-3-6-12(13(9-10)15(16)17)14(2)8-7-11-4-5-11/h3,6,9,11H,4-5,7-8H2,1-2H3. The zero-order valence-electron chi connectivity index (χ0n) is 10.3. The maximum Gasteiger partial charge on any atom is 0.292 e. The zero-order chi connectivity index (χ0) is 12.4. The highest BCUT2D eigenvalue weighted by molar-refractivity contribution is 5.63. The number of benzene rings is 1. The SMILES string of the molecule is Cc1ccc(N(C)CCC2CC2)c([N+](=O)[O-])c1. The van der Waals surface area contributed by atoms with Gasteiger partial charge in [0, 0.05) is 19.7 Å². The summed E-state index contributed by atoms with van der Waals surface area (Å²) in [7, 11) is 1.93. The van der Waals surface area contributed by atoms with Crippen LogP contribution in [0.4, 0.5) is 11.4 Å². The molecule has 17 heavy (non-hydrogen) atoms. The van der Waals surface area contributed by atoms with Gasteiger partial charge in [-0.25, -0.2) is 0 Å². The molecule has 1 aromatic carbocycles. The Morgan fingerprint density at radius 2 is 2.18 bits per heavy atom. The van der Waals surface area contributed by atoms with E-state index in [1.165, 1.54) is 12.8 Å². The average molecular weight is 234 g/mol. The van der Waals surface area contributed by atoms with Gasteiger partial charge in [0.2, 0.25) is 0 Å². The predicted molar refractivity (Wildman–Crippen MR) is 68.4 cm³/mol. The van der Waals surface area contributed by atoms with Crippen LogP contribution >= 0.6 is 0 Å². The average Bonchev–Trinajstić information content (AvgIpc) is 3.09.